The van der Waals surface area contributed by atoms with E-state index in [1.807, 2.05) is 0 Å². The van der Waals surface area contributed by atoms with E-state index < -0.39 is 0 Å². The Kier molecular flexibility index (Phi) is 4.62. The third-order valence-corrected chi connectivity index (χ3v) is 4.62. The van der Waals surface area contributed by atoms with Gasteiger partial charge in [0.05, 0.1) is 12.1 Å². The van der Waals surface area contributed by atoms with Crippen LogP contribution in [-0.4, -0.2) is 36.2 Å². The maximum absolute atomic E-state index is 12.4. The lowest BCUT2D eigenvalue weighted by atomic mass is 9.80. The Balaban J connectivity index is 1.95. The SMILES string of the molecule is CC1CNCCC1C(=O)NC1(CO)CCCCC1. The zero-order chi connectivity index (χ0) is 13.0. The van der Waals surface area contributed by atoms with Crippen LogP contribution in [0.15, 0.2) is 0 Å². The molecule has 3 N–H and O–H groups in total. The number of aliphatic hydroxyl groups excluding tert-OH is 1. The van der Waals surface area contributed by atoms with Crippen LogP contribution in [0.4, 0.5) is 0 Å². The Bertz CT molecular complexity index is 288. The van der Waals surface area contributed by atoms with Crippen molar-refractivity contribution in [3.63, 3.8) is 0 Å². The van der Waals surface area contributed by atoms with Crippen molar-refractivity contribution in [2.75, 3.05) is 19.7 Å². The van der Waals surface area contributed by atoms with E-state index in [1.54, 1.807) is 0 Å². The molecule has 4 heteroatoms. The minimum absolute atomic E-state index is 0.0814. The summed E-state index contributed by atoms with van der Waals surface area (Å²) >= 11 is 0. The van der Waals surface area contributed by atoms with Crippen molar-refractivity contribution in [1.29, 1.82) is 0 Å². The largest absolute Gasteiger partial charge is 0.394 e. The first kappa shape index (κ1) is 13.8. The van der Waals surface area contributed by atoms with Crippen LogP contribution in [-0.2, 0) is 4.79 Å². The van der Waals surface area contributed by atoms with Crippen molar-refractivity contribution >= 4 is 5.91 Å². The average molecular weight is 254 g/mol. The Morgan fingerprint density at radius 2 is 2.11 bits per heavy atom. The van der Waals surface area contributed by atoms with Crippen molar-refractivity contribution in [1.82, 2.24) is 10.6 Å². The van der Waals surface area contributed by atoms with E-state index in [0.717, 1.165) is 45.2 Å². The molecule has 0 bridgehead atoms. The van der Waals surface area contributed by atoms with Crippen molar-refractivity contribution in [3.05, 3.63) is 0 Å². The van der Waals surface area contributed by atoms with Gasteiger partial charge in [-0.15, -0.1) is 0 Å². The lowest BCUT2D eigenvalue weighted by molar-refractivity contribution is -0.130. The molecule has 2 aliphatic rings. The average Bonchev–Trinajstić information content (AvgIpc) is 2.40. The summed E-state index contributed by atoms with van der Waals surface area (Å²) in [6.07, 6.45) is 6.21. The first-order valence-electron chi connectivity index (χ1n) is 7.30. The summed E-state index contributed by atoms with van der Waals surface area (Å²) in [6, 6.07) is 0. The Morgan fingerprint density at radius 3 is 2.72 bits per heavy atom. The van der Waals surface area contributed by atoms with Crippen LogP contribution < -0.4 is 10.6 Å². The summed E-state index contributed by atoms with van der Waals surface area (Å²) in [5, 5.41) is 16.1. The predicted octanol–water partition coefficient (Wildman–Crippen LogP) is 1.04. The molecular formula is C14H26N2O2. The summed E-state index contributed by atoms with van der Waals surface area (Å²) in [4.78, 5) is 12.4. The molecule has 0 aromatic rings. The second kappa shape index (κ2) is 6.02. The fourth-order valence-electron chi connectivity index (χ4n) is 3.31. The van der Waals surface area contributed by atoms with Gasteiger partial charge >= 0.3 is 0 Å². The summed E-state index contributed by atoms with van der Waals surface area (Å²) in [6.45, 7) is 4.06. The molecule has 1 heterocycles. The van der Waals surface area contributed by atoms with E-state index in [4.69, 9.17) is 0 Å². The highest BCUT2D eigenvalue weighted by Gasteiger charge is 2.36. The molecule has 1 aliphatic heterocycles. The Labute approximate surface area is 110 Å². The Hall–Kier alpha value is -0.610. The normalized spacial score (nSPS) is 31.9. The van der Waals surface area contributed by atoms with Gasteiger partial charge < -0.3 is 15.7 Å². The lowest BCUT2D eigenvalue weighted by Crippen LogP contribution is -2.56. The third-order valence-electron chi connectivity index (χ3n) is 4.62. The molecule has 1 aliphatic carbocycles. The zero-order valence-electron chi connectivity index (χ0n) is 11.4. The van der Waals surface area contributed by atoms with Crippen LogP contribution in [0.5, 0.6) is 0 Å². The highest BCUT2D eigenvalue weighted by molar-refractivity contribution is 5.80. The molecule has 2 fully saturated rings. The van der Waals surface area contributed by atoms with Crippen LogP contribution in [0.25, 0.3) is 0 Å². The first-order chi connectivity index (χ1) is 8.67. The van der Waals surface area contributed by atoms with E-state index >= 15 is 0 Å². The number of hydrogen-bond donors (Lipinski definition) is 3. The zero-order valence-corrected chi connectivity index (χ0v) is 11.4. The summed E-state index contributed by atoms with van der Waals surface area (Å²) < 4.78 is 0. The number of carbonyl (C=O) groups excluding carboxylic acids is 1. The van der Waals surface area contributed by atoms with Gasteiger partial charge in [0.1, 0.15) is 0 Å². The monoisotopic (exact) mass is 254 g/mol. The summed E-state index contributed by atoms with van der Waals surface area (Å²) in [5.74, 6) is 0.648. The molecule has 0 aromatic carbocycles. The number of piperidine rings is 1. The molecular weight excluding hydrogens is 228 g/mol. The fraction of sp³-hybridized carbons (Fsp3) is 0.929. The van der Waals surface area contributed by atoms with Crippen molar-refractivity contribution in [2.24, 2.45) is 11.8 Å². The maximum Gasteiger partial charge on any atom is 0.223 e. The molecule has 1 amide bonds. The second-order valence-corrected chi connectivity index (χ2v) is 6.06. The minimum atomic E-state index is -0.333. The van der Waals surface area contributed by atoms with Crippen LogP contribution in [0.3, 0.4) is 0 Å². The molecule has 1 saturated carbocycles. The molecule has 18 heavy (non-hydrogen) atoms. The number of rotatable bonds is 3. The van der Waals surface area contributed by atoms with E-state index in [-0.39, 0.29) is 24.0 Å². The van der Waals surface area contributed by atoms with Gasteiger partial charge in [-0.2, -0.15) is 0 Å². The smallest absolute Gasteiger partial charge is 0.223 e. The van der Waals surface area contributed by atoms with Gasteiger partial charge in [0.15, 0.2) is 0 Å². The van der Waals surface area contributed by atoms with Gasteiger partial charge in [-0.25, -0.2) is 0 Å². The third kappa shape index (κ3) is 3.04. The van der Waals surface area contributed by atoms with E-state index in [0.29, 0.717) is 5.92 Å². The number of carbonyl (C=O) groups is 1. The second-order valence-electron chi connectivity index (χ2n) is 6.06. The van der Waals surface area contributed by atoms with Crippen molar-refractivity contribution in [2.45, 2.75) is 51.0 Å². The fourth-order valence-corrected chi connectivity index (χ4v) is 3.31. The van der Waals surface area contributed by atoms with Crippen LogP contribution in [0, 0.1) is 11.8 Å². The topological polar surface area (TPSA) is 61.4 Å². The number of amides is 1. The molecule has 104 valence electrons. The quantitative estimate of drug-likeness (QED) is 0.705. The highest BCUT2D eigenvalue weighted by atomic mass is 16.3. The molecule has 0 spiro atoms. The van der Waals surface area contributed by atoms with Crippen LogP contribution in [0.1, 0.15) is 45.4 Å². The van der Waals surface area contributed by atoms with Gasteiger partial charge in [-0.1, -0.05) is 26.2 Å². The molecule has 2 atom stereocenters. The number of hydrogen-bond acceptors (Lipinski definition) is 3. The van der Waals surface area contributed by atoms with Crippen molar-refractivity contribution < 1.29 is 9.90 Å². The van der Waals surface area contributed by atoms with E-state index in [9.17, 15) is 9.90 Å². The predicted molar refractivity (Wildman–Crippen MR) is 71.2 cm³/mol. The van der Waals surface area contributed by atoms with Crippen molar-refractivity contribution in [3.8, 4) is 0 Å². The standard InChI is InChI=1S/C14H26N2O2/c1-11-9-15-8-5-12(11)13(18)16-14(10-17)6-3-2-4-7-14/h11-12,15,17H,2-10H2,1H3,(H,16,18). The van der Waals surface area contributed by atoms with Gasteiger partial charge in [0.25, 0.3) is 0 Å². The van der Waals surface area contributed by atoms with Crippen LogP contribution >= 0.6 is 0 Å². The van der Waals surface area contributed by atoms with Gasteiger partial charge in [0, 0.05) is 5.92 Å². The number of aliphatic hydroxyl groups is 1. The first-order valence-corrected chi connectivity index (χ1v) is 7.30. The lowest BCUT2D eigenvalue weighted by Gasteiger charge is -2.39. The maximum atomic E-state index is 12.4. The molecule has 4 nitrogen and oxygen atoms in total. The summed E-state index contributed by atoms with van der Waals surface area (Å²) in [5.41, 5.74) is -0.333. The minimum Gasteiger partial charge on any atom is -0.394 e. The highest BCUT2D eigenvalue weighted by Crippen LogP contribution is 2.29. The Morgan fingerprint density at radius 1 is 1.39 bits per heavy atom. The molecule has 0 radical (unpaired) electrons. The number of nitrogens with one attached hydrogen (secondary N) is 2. The summed E-state index contributed by atoms with van der Waals surface area (Å²) in [7, 11) is 0. The molecule has 0 aromatic heterocycles. The van der Waals surface area contributed by atoms with Crippen LogP contribution in [0.2, 0.25) is 0 Å². The van der Waals surface area contributed by atoms with E-state index in [2.05, 4.69) is 17.6 Å². The van der Waals surface area contributed by atoms with Gasteiger partial charge in [-0.3, -0.25) is 4.79 Å². The molecule has 1 saturated heterocycles. The van der Waals surface area contributed by atoms with Gasteiger partial charge in [-0.05, 0) is 38.3 Å². The van der Waals surface area contributed by atoms with Gasteiger partial charge in [0.2, 0.25) is 5.91 Å². The molecule has 2 unspecified atom stereocenters. The van der Waals surface area contributed by atoms with E-state index in [1.165, 1.54) is 6.42 Å². The molecule has 2 rings (SSSR count).